The van der Waals surface area contributed by atoms with Crippen molar-refractivity contribution in [2.45, 2.75) is 31.7 Å². The molecular formula is C20H20Cl2N4O3. The molecule has 2 N–H and O–H groups in total. The number of methoxy groups -OCH3 is 1. The molecule has 7 nitrogen and oxygen atoms in total. The Morgan fingerprint density at radius 2 is 2.00 bits per heavy atom. The molecule has 3 atom stereocenters. The second kappa shape index (κ2) is 8.20. The van der Waals surface area contributed by atoms with E-state index in [9.17, 15) is 4.79 Å². The van der Waals surface area contributed by atoms with Crippen LogP contribution in [0, 0.1) is 0 Å². The van der Waals surface area contributed by atoms with Crippen molar-refractivity contribution < 1.29 is 14.3 Å². The number of halogens is 2. The monoisotopic (exact) mass is 434 g/mol. The summed E-state index contributed by atoms with van der Waals surface area (Å²) in [5.41, 5.74) is 8.16. The molecule has 0 radical (unpaired) electrons. The zero-order valence-electron chi connectivity index (χ0n) is 15.9. The summed E-state index contributed by atoms with van der Waals surface area (Å²) in [5.74, 6) is 0.975. The highest BCUT2D eigenvalue weighted by Crippen LogP contribution is 2.36. The number of hydrogen-bond acceptors (Lipinski definition) is 6. The number of benzene rings is 2. The maximum absolute atomic E-state index is 12.1. The van der Waals surface area contributed by atoms with Crippen LogP contribution in [0.5, 0.6) is 5.75 Å². The van der Waals surface area contributed by atoms with Gasteiger partial charge in [-0.05, 0) is 36.2 Å². The average Bonchev–Trinajstić information content (AvgIpc) is 3.35. The average molecular weight is 435 g/mol. The number of ether oxygens (including phenoxy) is 2. The van der Waals surface area contributed by atoms with Crippen molar-refractivity contribution in [1.82, 2.24) is 15.9 Å². The molecule has 2 aliphatic rings. The smallest absolute Gasteiger partial charge is 0.243 e. The fourth-order valence-corrected chi connectivity index (χ4v) is 3.93. The molecule has 9 heteroatoms. The Kier molecular flexibility index (Phi) is 5.65. The predicted molar refractivity (Wildman–Crippen MR) is 111 cm³/mol. The molecular weight excluding hydrogens is 415 g/mol. The Bertz CT molecular complexity index is 968. The van der Waals surface area contributed by atoms with E-state index in [1.165, 1.54) is 11.9 Å². The topological polar surface area (TPSA) is 75.2 Å². The van der Waals surface area contributed by atoms with Crippen LogP contribution in [-0.2, 0) is 9.53 Å². The molecule has 4 rings (SSSR count). The van der Waals surface area contributed by atoms with E-state index in [-0.39, 0.29) is 18.0 Å². The molecule has 152 valence electrons. The van der Waals surface area contributed by atoms with Crippen molar-refractivity contribution >= 4 is 35.0 Å². The Balaban J connectivity index is 1.53. The van der Waals surface area contributed by atoms with E-state index in [1.807, 2.05) is 24.3 Å². The summed E-state index contributed by atoms with van der Waals surface area (Å²) in [5, 5.41) is 6.63. The van der Waals surface area contributed by atoms with Gasteiger partial charge in [0.25, 0.3) is 0 Å². The summed E-state index contributed by atoms with van der Waals surface area (Å²) in [4.78, 5) is 12.1. The third-order valence-electron chi connectivity index (χ3n) is 4.91. The summed E-state index contributed by atoms with van der Waals surface area (Å²) in [6.45, 7) is 1.44. The minimum atomic E-state index is -0.732. The predicted octanol–water partition coefficient (Wildman–Crippen LogP) is 3.80. The Morgan fingerprint density at radius 1 is 1.21 bits per heavy atom. The summed E-state index contributed by atoms with van der Waals surface area (Å²) in [6.07, 6.45) is -0.0383. The number of hydrazone groups is 1. The van der Waals surface area contributed by atoms with Gasteiger partial charge in [-0.15, -0.1) is 5.10 Å². The van der Waals surface area contributed by atoms with Gasteiger partial charge in [0.05, 0.1) is 12.1 Å². The van der Waals surface area contributed by atoms with Gasteiger partial charge < -0.3 is 9.47 Å². The lowest BCUT2D eigenvalue weighted by molar-refractivity contribution is -0.135. The first kappa shape index (κ1) is 20.0. The maximum Gasteiger partial charge on any atom is 0.243 e. The number of carbonyl (C=O) groups is 1. The van der Waals surface area contributed by atoms with Crippen LogP contribution in [0.3, 0.4) is 0 Å². The second-order valence-corrected chi connectivity index (χ2v) is 7.69. The number of nitrogens with zero attached hydrogens (tertiary/aromatic N) is 2. The van der Waals surface area contributed by atoms with E-state index >= 15 is 0 Å². The summed E-state index contributed by atoms with van der Waals surface area (Å²) in [6, 6.07) is 12.8. The normalized spacial score (nSPS) is 23.7. The fourth-order valence-electron chi connectivity index (χ4n) is 3.43. The molecule has 0 saturated carbocycles. The third-order valence-corrected chi connectivity index (χ3v) is 5.47. The highest BCUT2D eigenvalue weighted by atomic mass is 35.5. The number of hydrogen-bond donors (Lipinski definition) is 2. The van der Waals surface area contributed by atoms with E-state index in [0.29, 0.717) is 27.9 Å². The van der Waals surface area contributed by atoms with Crippen molar-refractivity contribution in [3.8, 4) is 5.75 Å². The molecule has 0 aliphatic carbocycles. The van der Waals surface area contributed by atoms with Crippen LogP contribution in [0.25, 0.3) is 0 Å². The van der Waals surface area contributed by atoms with Crippen molar-refractivity contribution in [3.63, 3.8) is 0 Å². The first-order chi connectivity index (χ1) is 14.0. The quantitative estimate of drug-likeness (QED) is 0.765. The maximum atomic E-state index is 12.1. The molecule has 0 bridgehead atoms. The summed E-state index contributed by atoms with van der Waals surface area (Å²) in [7, 11) is 1.64. The lowest BCUT2D eigenvalue weighted by Crippen LogP contribution is -2.36. The molecule has 0 spiro atoms. The zero-order chi connectivity index (χ0) is 20.5. The van der Waals surface area contributed by atoms with Gasteiger partial charge in [-0.3, -0.25) is 4.79 Å². The van der Waals surface area contributed by atoms with Crippen molar-refractivity contribution in [2.75, 3.05) is 7.11 Å². The number of amides is 1. The summed E-state index contributed by atoms with van der Waals surface area (Å²) < 4.78 is 11.4. The van der Waals surface area contributed by atoms with Gasteiger partial charge in [-0.25, -0.2) is 10.9 Å². The van der Waals surface area contributed by atoms with Gasteiger partial charge in [-0.1, -0.05) is 41.4 Å². The van der Waals surface area contributed by atoms with Crippen LogP contribution in [0.1, 0.15) is 36.7 Å². The van der Waals surface area contributed by atoms with Gasteiger partial charge in [-0.2, -0.15) is 5.01 Å². The van der Waals surface area contributed by atoms with Crippen LogP contribution >= 0.6 is 23.2 Å². The number of carbonyl (C=O) groups excluding carboxylic acids is 1. The molecule has 2 aliphatic heterocycles. The minimum Gasteiger partial charge on any atom is -0.497 e. The highest BCUT2D eigenvalue weighted by molar-refractivity contribution is 6.35. The molecule has 1 saturated heterocycles. The second-order valence-electron chi connectivity index (χ2n) is 6.84. The molecule has 2 heterocycles. The van der Waals surface area contributed by atoms with Crippen LogP contribution in [-0.4, -0.2) is 30.0 Å². The molecule has 3 unspecified atom stereocenters. The van der Waals surface area contributed by atoms with E-state index in [0.717, 1.165) is 11.3 Å². The van der Waals surface area contributed by atoms with Gasteiger partial charge in [0.1, 0.15) is 11.8 Å². The lowest BCUT2D eigenvalue weighted by atomic mass is 10.0. The molecule has 1 amide bonds. The van der Waals surface area contributed by atoms with Crippen LogP contribution < -0.4 is 15.6 Å². The van der Waals surface area contributed by atoms with E-state index in [4.69, 9.17) is 32.7 Å². The molecule has 0 aromatic heterocycles. The Labute approximate surface area is 178 Å². The van der Waals surface area contributed by atoms with Crippen LogP contribution in [0.4, 0.5) is 0 Å². The van der Waals surface area contributed by atoms with Crippen LogP contribution in [0.15, 0.2) is 47.6 Å². The van der Waals surface area contributed by atoms with Crippen molar-refractivity contribution in [1.29, 1.82) is 0 Å². The first-order valence-electron chi connectivity index (χ1n) is 9.11. The highest BCUT2D eigenvalue weighted by Gasteiger charge is 2.39. The largest absolute Gasteiger partial charge is 0.497 e. The number of nitrogens with one attached hydrogen (secondary N) is 2. The standard InChI is InChI=1S/C20H20Cl2N4O3/c1-11(27)26-20(15-7-6-13(21)9-16(15)22)29-19(25-26)18-10-17(23-24-18)12-4-3-5-14(8-12)28-2/h3-9,17-18,20,23-24H,10H2,1-2H3. The fraction of sp³-hybridized carbons (Fsp3) is 0.300. The van der Waals surface area contributed by atoms with E-state index in [2.05, 4.69) is 16.0 Å². The summed E-state index contributed by atoms with van der Waals surface area (Å²) >= 11 is 12.3. The molecule has 2 aromatic carbocycles. The van der Waals surface area contributed by atoms with Crippen molar-refractivity contribution in [3.05, 3.63) is 63.6 Å². The first-order valence-corrected chi connectivity index (χ1v) is 9.86. The van der Waals surface area contributed by atoms with Gasteiger partial charge in [0.15, 0.2) is 0 Å². The molecule has 29 heavy (non-hydrogen) atoms. The SMILES string of the molecule is COc1cccc(C2CC(C3=NN(C(C)=O)C(c4ccc(Cl)cc4Cl)O3)NN2)c1. The Hall–Kier alpha value is -2.32. The number of hydrazine groups is 1. The van der Waals surface area contributed by atoms with E-state index in [1.54, 1.807) is 25.3 Å². The molecule has 1 fully saturated rings. The van der Waals surface area contributed by atoms with Gasteiger partial charge >= 0.3 is 0 Å². The van der Waals surface area contributed by atoms with Gasteiger partial charge in [0, 0.05) is 23.6 Å². The Morgan fingerprint density at radius 3 is 2.72 bits per heavy atom. The number of rotatable bonds is 4. The van der Waals surface area contributed by atoms with E-state index < -0.39 is 6.23 Å². The van der Waals surface area contributed by atoms with Crippen molar-refractivity contribution in [2.24, 2.45) is 5.10 Å². The van der Waals surface area contributed by atoms with Crippen LogP contribution in [0.2, 0.25) is 10.0 Å². The third kappa shape index (κ3) is 4.04. The zero-order valence-corrected chi connectivity index (χ0v) is 17.4. The lowest BCUT2D eigenvalue weighted by Gasteiger charge is -2.20. The minimum absolute atomic E-state index is 0.0466. The van der Waals surface area contributed by atoms with Gasteiger partial charge in [0.2, 0.25) is 18.0 Å². The molecule has 2 aromatic rings.